The van der Waals surface area contributed by atoms with E-state index in [1.807, 2.05) is 32.0 Å². The van der Waals surface area contributed by atoms with Crippen molar-refractivity contribution in [3.8, 4) is 11.5 Å². The van der Waals surface area contributed by atoms with E-state index in [2.05, 4.69) is 25.0 Å². The fraction of sp³-hybridized carbons (Fsp3) is 0.263. The molecule has 4 aromatic heterocycles. The number of nitrogens with zero attached hydrogens (tertiary/aromatic N) is 7. The first-order valence-corrected chi connectivity index (χ1v) is 8.98. The summed E-state index contributed by atoms with van der Waals surface area (Å²) in [6, 6.07) is 5.63. The van der Waals surface area contributed by atoms with Crippen molar-refractivity contribution >= 4 is 11.7 Å². The van der Waals surface area contributed by atoms with Crippen LogP contribution < -0.4 is 0 Å². The lowest BCUT2D eigenvalue weighted by Gasteiger charge is -2.23. The van der Waals surface area contributed by atoms with Crippen molar-refractivity contribution in [1.82, 2.24) is 34.4 Å². The van der Waals surface area contributed by atoms with Crippen LogP contribution in [-0.4, -0.2) is 46.9 Å². The molecule has 0 spiro atoms. The van der Waals surface area contributed by atoms with E-state index in [4.69, 9.17) is 4.42 Å². The van der Waals surface area contributed by atoms with Crippen LogP contribution in [0.4, 0.5) is 0 Å². The monoisotopic (exact) mass is 375 g/mol. The molecule has 140 valence electrons. The number of aromatic nitrogens is 6. The fourth-order valence-corrected chi connectivity index (χ4v) is 3.38. The van der Waals surface area contributed by atoms with Gasteiger partial charge in [-0.15, -0.1) is 5.10 Å². The van der Waals surface area contributed by atoms with E-state index in [0.717, 1.165) is 28.4 Å². The summed E-state index contributed by atoms with van der Waals surface area (Å²) in [4.78, 5) is 31.9. The van der Waals surface area contributed by atoms with Crippen molar-refractivity contribution < 1.29 is 9.21 Å². The zero-order chi connectivity index (χ0) is 19.3. The number of aryl methyl sites for hydroxylation is 2. The van der Waals surface area contributed by atoms with E-state index in [1.165, 1.54) is 0 Å². The molecular formula is C19H17N7O2. The fourth-order valence-electron chi connectivity index (χ4n) is 3.38. The van der Waals surface area contributed by atoms with E-state index in [0.29, 0.717) is 31.2 Å². The Hall–Kier alpha value is -3.62. The maximum absolute atomic E-state index is 12.9. The summed E-state index contributed by atoms with van der Waals surface area (Å²) >= 11 is 0. The zero-order valence-electron chi connectivity index (χ0n) is 15.5. The van der Waals surface area contributed by atoms with Gasteiger partial charge < -0.3 is 9.32 Å². The minimum atomic E-state index is -0.237. The molecule has 1 amide bonds. The van der Waals surface area contributed by atoms with Gasteiger partial charge in [0.05, 0.1) is 12.1 Å². The van der Waals surface area contributed by atoms with Gasteiger partial charge in [-0.1, -0.05) is 0 Å². The Bertz CT molecular complexity index is 1200. The number of carbonyl (C=O) groups is 1. The van der Waals surface area contributed by atoms with Gasteiger partial charge in [0.2, 0.25) is 11.7 Å². The van der Waals surface area contributed by atoms with Crippen LogP contribution >= 0.6 is 0 Å². The predicted molar refractivity (Wildman–Crippen MR) is 98.4 cm³/mol. The molecule has 0 radical (unpaired) electrons. The molecule has 0 atom stereocenters. The highest BCUT2D eigenvalue weighted by molar-refractivity contribution is 5.91. The predicted octanol–water partition coefficient (Wildman–Crippen LogP) is 1.99. The lowest BCUT2D eigenvalue weighted by atomic mass is 10.1. The van der Waals surface area contributed by atoms with Gasteiger partial charge >= 0.3 is 0 Å². The molecule has 9 nitrogen and oxygen atoms in total. The van der Waals surface area contributed by atoms with Gasteiger partial charge in [-0.3, -0.25) is 9.78 Å². The number of amides is 1. The van der Waals surface area contributed by atoms with Crippen LogP contribution in [0.1, 0.15) is 33.5 Å². The van der Waals surface area contributed by atoms with E-state index >= 15 is 0 Å². The van der Waals surface area contributed by atoms with Gasteiger partial charge in [0.15, 0.2) is 0 Å². The van der Waals surface area contributed by atoms with Crippen molar-refractivity contribution in [2.45, 2.75) is 26.8 Å². The van der Waals surface area contributed by atoms with Crippen molar-refractivity contribution in [2.75, 3.05) is 6.54 Å². The van der Waals surface area contributed by atoms with E-state index in [-0.39, 0.29) is 11.7 Å². The quantitative estimate of drug-likeness (QED) is 0.528. The first-order chi connectivity index (χ1) is 13.6. The average molecular weight is 375 g/mol. The summed E-state index contributed by atoms with van der Waals surface area (Å²) in [7, 11) is 0. The standard InChI is InChI=1S/C19H17N7O2/c1-11-8-12(2)26-19(21-11)23-16(24-26)18(27)25-7-5-15-14(10-25)22-17(28-15)13-4-3-6-20-9-13/h3-4,6,8-9H,5,7,10H2,1-2H3. The third-order valence-electron chi connectivity index (χ3n) is 4.73. The molecule has 0 aromatic carbocycles. The highest BCUT2D eigenvalue weighted by Crippen LogP contribution is 2.26. The number of oxazole rings is 1. The van der Waals surface area contributed by atoms with Gasteiger partial charge in [0.25, 0.3) is 11.7 Å². The van der Waals surface area contributed by atoms with E-state index in [9.17, 15) is 4.79 Å². The van der Waals surface area contributed by atoms with Gasteiger partial charge in [0.1, 0.15) is 11.5 Å². The molecule has 9 heteroatoms. The molecule has 0 saturated carbocycles. The number of pyridine rings is 1. The topological polar surface area (TPSA) is 102 Å². The molecule has 4 aromatic rings. The van der Waals surface area contributed by atoms with Crippen LogP contribution in [-0.2, 0) is 13.0 Å². The second kappa shape index (κ2) is 6.22. The number of hydrogen-bond acceptors (Lipinski definition) is 7. The molecule has 1 aliphatic heterocycles. The highest BCUT2D eigenvalue weighted by atomic mass is 16.4. The third kappa shape index (κ3) is 2.72. The minimum absolute atomic E-state index is 0.139. The Labute approximate surface area is 160 Å². The van der Waals surface area contributed by atoms with Crippen LogP contribution in [0.5, 0.6) is 0 Å². The molecule has 1 aliphatic rings. The second-order valence-electron chi connectivity index (χ2n) is 6.79. The lowest BCUT2D eigenvalue weighted by molar-refractivity contribution is 0.0716. The van der Waals surface area contributed by atoms with Crippen LogP contribution in [0.25, 0.3) is 17.2 Å². The molecular weight excluding hydrogens is 358 g/mol. The Morgan fingerprint density at radius 1 is 1.21 bits per heavy atom. The first kappa shape index (κ1) is 16.5. The number of hydrogen-bond donors (Lipinski definition) is 0. The van der Waals surface area contributed by atoms with Crippen LogP contribution in [0.2, 0.25) is 0 Å². The van der Waals surface area contributed by atoms with Gasteiger partial charge in [-0.25, -0.2) is 14.5 Å². The molecule has 0 saturated heterocycles. The second-order valence-corrected chi connectivity index (χ2v) is 6.79. The first-order valence-electron chi connectivity index (χ1n) is 8.98. The molecule has 0 unspecified atom stereocenters. The smallest absolute Gasteiger partial charge is 0.293 e. The maximum atomic E-state index is 12.9. The number of carbonyl (C=O) groups excluding carboxylic acids is 1. The normalized spacial score (nSPS) is 13.7. The maximum Gasteiger partial charge on any atom is 0.293 e. The Kier molecular flexibility index (Phi) is 3.68. The third-order valence-corrected chi connectivity index (χ3v) is 4.73. The number of fused-ring (bicyclic) bond motifs is 2. The molecule has 5 rings (SSSR count). The van der Waals surface area contributed by atoms with E-state index in [1.54, 1.807) is 21.8 Å². The molecule has 28 heavy (non-hydrogen) atoms. The molecule has 5 heterocycles. The largest absolute Gasteiger partial charge is 0.441 e. The highest BCUT2D eigenvalue weighted by Gasteiger charge is 2.29. The van der Waals surface area contributed by atoms with Crippen LogP contribution in [0.15, 0.2) is 35.0 Å². The SMILES string of the molecule is Cc1cc(C)n2nc(C(=O)N3CCc4oc(-c5cccnc5)nc4C3)nc2n1. The Balaban J connectivity index is 1.42. The molecule has 0 bridgehead atoms. The van der Waals surface area contributed by atoms with E-state index < -0.39 is 0 Å². The molecule has 0 aliphatic carbocycles. The summed E-state index contributed by atoms with van der Waals surface area (Å²) in [5, 5.41) is 4.34. The van der Waals surface area contributed by atoms with Crippen LogP contribution in [0.3, 0.4) is 0 Å². The van der Waals surface area contributed by atoms with Gasteiger partial charge in [-0.2, -0.15) is 4.98 Å². The summed E-state index contributed by atoms with van der Waals surface area (Å²) in [6.45, 7) is 4.68. The van der Waals surface area contributed by atoms with Crippen LogP contribution in [0, 0.1) is 13.8 Å². The minimum Gasteiger partial charge on any atom is -0.441 e. The Morgan fingerprint density at radius 3 is 2.93 bits per heavy atom. The molecule has 0 N–H and O–H groups in total. The van der Waals surface area contributed by atoms with Gasteiger partial charge in [-0.05, 0) is 32.0 Å². The number of rotatable bonds is 2. The van der Waals surface area contributed by atoms with Crippen molar-refractivity contribution in [1.29, 1.82) is 0 Å². The average Bonchev–Trinajstić information content (AvgIpc) is 3.31. The zero-order valence-corrected chi connectivity index (χ0v) is 15.5. The Morgan fingerprint density at radius 2 is 2.11 bits per heavy atom. The summed E-state index contributed by atoms with van der Waals surface area (Å²) in [5.74, 6) is 1.66. The van der Waals surface area contributed by atoms with Crippen molar-refractivity contribution in [3.05, 3.63) is 59.3 Å². The summed E-state index contributed by atoms with van der Waals surface area (Å²) in [6.07, 6.45) is 4.00. The van der Waals surface area contributed by atoms with Gasteiger partial charge in [0, 0.05) is 36.7 Å². The lowest BCUT2D eigenvalue weighted by Crippen LogP contribution is -2.36. The van der Waals surface area contributed by atoms with Crippen molar-refractivity contribution in [2.24, 2.45) is 0 Å². The summed E-state index contributed by atoms with van der Waals surface area (Å²) in [5.41, 5.74) is 3.29. The van der Waals surface area contributed by atoms with Crippen molar-refractivity contribution in [3.63, 3.8) is 0 Å². The molecule has 0 fully saturated rings. The summed E-state index contributed by atoms with van der Waals surface area (Å²) < 4.78 is 7.46.